The van der Waals surface area contributed by atoms with Crippen LogP contribution in [0.2, 0.25) is 0 Å². The lowest BCUT2D eigenvalue weighted by atomic mass is 10.2. The van der Waals surface area contributed by atoms with E-state index >= 15 is 0 Å². The summed E-state index contributed by atoms with van der Waals surface area (Å²) in [7, 11) is 1.93. The minimum atomic E-state index is 0.417. The Balaban J connectivity index is 2.20. The number of anilines is 2. The van der Waals surface area contributed by atoms with Crippen LogP contribution in [-0.2, 0) is 6.54 Å². The van der Waals surface area contributed by atoms with Gasteiger partial charge in [0.25, 0.3) is 0 Å². The van der Waals surface area contributed by atoms with Gasteiger partial charge in [-0.05, 0) is 23.8 Å². The van der Waals surface area contributed by atoms with Crippen LogP contribution in [-0.4, -0.2) is 12.0 Å². The molecule has 0 aliphatic heterocycles. The van der Waals surface area contributed by atoms with Crippen molar-refractivity contribution in [3.63, 3.8) is 0 Å². The lowest BCUT2D eigenvalue weighted by Gasteiger charge is -2.19. The largest absolute Gasteiger partial charge is 0.398 e. The summed E-state index contributed by atoms with van der Waals surface area (Å²) in [5, 5.41) is 8.83. The summed E-state index contributed by atoms with van der Waals surface area (Å²) < 4.78 is 0. The van der Waals surface area contributed by atoms with Crippen molar-refractivity contribution in [1.29, 1.82) is 5.26 Å². The number of hydrogen-bond acceptors (Lipinski definition) is 4. The van der Waals surface area contributed by atoms with E-state index in [2.05, 4.69) is 4.98 Å². The lowest BCUT2D eigenvalue weighted by Crippen LogP contribution is -2.18. The minimum absolute atomic E-state index is 0.417. The van der Waals surface area contributed by atoms with Gasteiger partial charge in [0.15, 0.2) is 0 Å². The number of hydrogen-bond donors (Lipinski definition) is 1. The maximum atomic E-state index is 8.83. The molecule has 0 radical (unpaired) electrons. The molecular weight excluding hydrogens is 224 g/mol. The fourth-order valence-electron chi connectivity index (χ4n) is 1.71. The Morgan fingerprint density at radius 1 is 1.22 bits per heavy atom. The van der Waals surface area contributed by atoms with Crippen LogP contribution in [0, 0.1) is 11.3 Å². The molecule has 1 aromatic heterocycles. The Labute approximate surface area is 106 Å². The van der Waals surface area contributed by atoms with Gasteiger partial charge in [-0.2, -0.15) is 5.26 Å². The first kappa shape index (κ1) is 11.9. The molecule has 0 aliphatic carbocycles. The average Bonchev–Trinajstić information content (AvgIpc) is 2.41. The zero-order valence-corrected chi connectivity index (χ0v) is 10.2. The molecule has 0 fully saturated rings. The summed E-state index contributed by atoms with van der Waals surface area (Å²) in [4.78, 5) is 6.21. The Morgan fingerprint density at radius 2 is 2.00 bits per heavy atom. The highest BCUT2D eigenvalue weighted by Crippen LogP contribution is 2.17. The highest BCUT2D eigenvalue weighted by Gasteiger charge is 2.06. The first-order valence-corrected chi connectivity index (χ1v) is 5.62. The molecule has 4 nitrogen and oxygen atoms in total. The van der Waals surface area contributed by atoms with Gasteiger partial charge in [-0.25, -0.2) is 4.98 Å². The molecule has 0 unspecified atom stereocenters. The number of nitrogens with two attached hydrogens (primary N) is 1. The zero-order chi connectivity index (χ0) is 13.0. The molecule has 0 atom stereocenters. The van der Waals surface area contributed by atoms with Crippen LogP contribution in [0.25, 0.3) is 0 Å². The van der Waals surface area contributed by atoms with Crippen molar-refractivity contribution >= 4 is 11.5 Å². The average molecular weight is 238 g/mol. The van der Waals surface area contributed by atoms with Gasteiger partial charge in [-0.15, -0.1) is 0 Å². The van der Waals surface area contributed by atoms with Gasteiger partial charge in [0, 0.05) is 19.3 Å². The summed E-state index contributed by atoms with van der Waals surface area (Å²) in [5.41, 5.74) is 8.13. The van der Waals surface area contributed by atoms with Gasteiger partial charge in [0.1, 0.15) is 17.6 Å². The maximum Gasteiger partial charge on any atom is 0.142 e. The molecule has 1 heterocycles. The quantitative estimate of drug-likeness (QED) is 0.832. The Hall–Kier alpha value is -2.54. The van der Waals surface area contributed by atoms with Crippen LogP contribution in [0.15, 0.2) is 42.5 Å². The second kappa shape index (κ2) is 5.19. The van der Waals surface area contributed by atoms with E-state index in [1.54, 1.807) is 6.07 Å². The number of nitrogens with zero attached hydrogens (tertiary/aromatic N) is 3. The third kappa shape index (κ3) is 2.58. The minimum Gasteiger partial charge on any atom is -0.398 e. The van der Waals surface area contributed by atoms with Gasteiger partial charge in [-0.1, -0.05) is 24.3 Å². The molecule has 2 rings (SSSR count). The second-order valence-corrected chi connectivity index (χ2v) is 4.05. The van der Waals surface area contributed by atoms with E-state index in [-0.39, 0.29) is 0 Å². The summed E-state index contributed by atoms with van der Waals surface area (Å²) >= 11 is 0. The van der Waals surface area contributed by atoms with E-state index < -0.39 is 0 Å². The third-order valence-corrected chi connectivity index (χ3v) is 2.70. The standard InChI is InChI=1S/C14H14N4/c1-18(10-11-5-2-3-7-13(11)16)14-8-4-6-12(9-15)17-14/h2-8H,10,16H2,1H3. The maximum absolute atomic E-state index is 8.83. The summed E-state index contributed by atoms with van der Waals surface area (Å²) in [6.45, 7) is 0.661. The normalized spacial score (nSPS) is 9.78. The van der Waals surface area contributed by atoms with Crippen molar-refractivity contribution in [2.45, 2.75) is 6.54 Å². The number of nitrogen functional groups attached to an aromatic ring is 1. The number of benzene rings is 1. The molecule has 0 saturated carbocycles. The van der Waals surface area contributed by atoms with Crippen LogP contribution >= 0.6 is 0 Å². The molecule has 18 heavy (non-hydrogen) atoms. The van der Waals surface area contributed by atoms with Gasteiger partial charge in [0.2, 0.25) is 0 Å². The van der Waals surface area contributed by atoms with E-state index in [4.69, 9.17) is 11.0 Å². The smallest absolute Gasteiger partial charge is 0.142 e. The molecule has 2 N–H and O–H groups in total. The molecule has 0 aliphatic rings. The fourth-order valence-corrected chi connectivity index (χ4v) is 1.71. The molecule has 0 bridgehead atoms. The molecule has 1 aromatic carbocycles. The van der Waals surface area contributed by atoms with Crippen molar-refractivity contribution in [1.82, 2.24) is 4.98 Å². The third-order valence-electron chi connectivity index (χ3n) is 2.70. The molecule has 0 saturated heterocycles. The van der Waals surface area contributed by atoms with Crippen molar-refractivity contribution in [3.8, 4) is 6.07 Å². The highest BCUT2D eigenvalue weighted by atomic mass is 15.2. The zero-order valence-electron chi connectivity index (χ0n) is 10.2. The van der Waals surface area contributed by atoms with Crippen LogP contribution in [0.5, 0.6) is 0 Å². The monoisotopic (exact) mass is 238 g/mol. The summed E-state index contributed by atoms with van der Waals surface area (Å²) in [6, 6.07) is 15.2. The van der Waals surface area contributed by atoms with Crippen molar-refractivity contribution in [2.24, 2.45) is 0 Å². The Bertz CT molecular complexity index is 586. The number of pyridine rings is 1. The van der Waals surface area contributed by atoms with E-state index in [1.807, 2.05) is 54.4 Å². The molecule has 4 heteroatoms. The molecule has 2 aromatic rings. The van der Waals surface area contributed by atoms with Crippen LogP contribution < -0.4 is 10.6 Å². The van der Waals surface area contributed by atoms with Crippen LogP contribution in [0.4, 0.5) is 11.5 Å². The predicted octanol–water partition coefficient (Wildman–Crippen LogP) is 2.17. The van der Waals surface area contributed by atoms with Gasteiger partial charge in [-0.3, -0.25) is 0 Å². The SMILES string of the molecule is CN(Cc1ccccc1N)c1cccc(C#N)n1. The number of para-hydroxylation sites is 1. The fraction of sp³-hybridized carbons (Fsp3) is 0.143. The van der Waals surface area contributed by atoms with E-state index in [0.29, 0.717) is 12.2 Å². The number of nitriles is 1. The second-order valence-electron chi connectivity index (χ2n) is 4.05. The first-order valence-electron chi connectivity index (χ1n) is 5.62. The van der Waals surface area contributed by atoms with Crippen molar-refractivity contribution in [2.75, 3.05) is 17.7 Å². The number of aromatic nitrogens is 1. The Kier molecular flexibility index (Phi) is 3.44. The predicted molar refractivity (Wildman–Crippen MR) is 71.9 cm³/mol. The van der Waals surface area contributed by atoms with E-state index in [9.17, 15) is 0 Å². The molecular formula is C14H14N4. The summed E-state index contributed by atoms with van der Waals surface area (Å²) in [6.07, 6.45) is 0. The van der Waals surface area contributed by atoms with E-state index in [1.165, 1.54) is 0 Å². The Morgan fingerprint density at radius 3 is 2.72 bits per heavy atom. The van der Waals surface area contributed by atoms with Crippen molar-refractivity contribution < 1.29 is 0 Å². The molecule has 0 amide bonds. The van der Waals surface area contributed by atoms with Gasteiger partial charge < -0.3 is 10.6 Å². The van der Waals surface area contributed by atoms with Crippen molar-refractivity contribution in [3.05, 3.63) is 53.7 Å². The number of rotatable bonds is 3. The van der Waals surface area contributed by atoms with Crippen LogP contribution in [0.3, 0.4) is 0 Å². The van der Waals surface area contributed by atoms with Gasteiger partial charge in [0.05, 0.1) is 0 Å². The van der Waals surface area contributed by atoms with Gasteiger partial charge >= 0.3 is 0 Å². The highest BCUT2D eigenvalue weighted by molar-refractivity contribution is 5.49. The lowest BCUT2D eigenvalue weighted by molar-refractivity contribution is 0.898. The summed E-state index contributed by atoms with van der Waals surface area (Å²) in [5.74, 6) is 0.761. The topological polar surface area (TPSA) is 65.9 Å². The van der Waals surface area contributed by atoms with E-state index in [0.717, 1.165) is 17.1 Å². The molecule has 90 valence electrons. The molecule has 0 spiro atoms. The first-order chi connectivity index (χ1) is 8.70. The van der Waals surface area contributed by atoms with Crippen LogP contribution in [0.1, 0.15) is 11.3 Å².